The average molecular weight is 223 g/mol. The van der Waals surface area contributed by atoms with Gasteiger partial charge < -0.3 is 9.72 Å². The van der Waals surface area contributed by atoms with Crippen LogP contribution in [0.3, 0.4) is 0 Å². The van der Waals surface area contributed by atoms with Gasteiger partial charge in [0.25, 0.3) is 0 Å². The smallest absolute Gasteiger partial charge is 0.355 e. The number of ether oxygens (including phenoxy) is 1. The van der Waals surface area contributed by atoms with Crippen LogP contribution < -0.4 is 0 Å². The molecule has 1 aromatic rings. The molecule has 0 aromatic carbocycles. The van der Waals surface area contributed by atoms with Gasteiger partial charge in [0.1, 0.15) is 11.3 Å². The second-order valence-electron chi connectivity index (χ2n) is 4.98. The maximum absolute atomic E-state index is 11.9. The van der Waals surface area contributed by atoms with Crippen molar-refractivity contribution in [3.05, 3.63) is 23.5 Å². The number of H-pyrrole nitrogens is 1. The Morgan fingerprint density at radius 2 is 2.12 bits per heavy atom. The Hall–Kier alpha value is -1.25. The van der Waals surface area contributed by atoms with Gasteiger partial charge in [0.2, 0.25) is 0 Å². The molecule has 1 rings (SSSR count). The third kappa shape index (κ3) is 3.72. The molecular weight excluding hydrogens is 202 g/mol. The van der Waals surface area contributed by atoms with Crippen molar-refractivity contribution in [1.82, 2.24) is 4.98 Å². The molecule has 0 unspecified atom stereocenters. The lowest BCUT2D eigenvalue weighted by Crippen LogP contribution is -2.24. The van der Waals surface area contributed by atoms with Crippen LogP contribution in [0.5, 0.6) is 0 Å². The normalized spacial score (nSPS) is 11.5. The zero-order valence-electron chi connectivity index (χ0n) is 10.6. The first-order valence-electron chi connectivity index (χ1n) is 5.83. The summed E-state index contributed by atoms with van der Waals surface area (Å²) in [5.41, 5.74) is 1.21. The summed E-state index contributed by atoms with van der Waals surface area (Å²) < 4.78 is 5.33. The van der Waals surface area contributed by atoms with E-state index in [4.69, 9.17) is 4.74 Å². The van der Waals surface area contributed by atoms with Crippen LogP contribution in [0.4, 0.5) is 0 Å². The molecule has 0 fully saturated rings. The molecule has 0 aliphatic carbocycles. The van der Waals surface area contributed by atoms with Crippen molar-refractivity contribution in [3.63, 3.8) is 0 Å². The number of hydrogen-bond acceptors (Lipinski definition) is 2. The topological polar surface area (TPSA) is 42.1 Å². The van der Waals surface area contributed by atoms with Gasteiger partial charge in [0, 0.05) is 6.20 Å². The zero-order valence-corrected chi connectivity index (χ0v) is 10.6. The van der Waals surface area contributed by atoms with Gasteiger partial charge in [-0.25, -0.2) is 4.79 Å². The van der Waals surface area contributed by atoms with Gasteiger partial charge in [-0.05, 0) is 45.2 Å². The zero-order chi connectivity index (χ0) is 12.2. The van der Waals surface area contributed by atoms with E-state index < -0.39 is 5.60 Å². The molecule has 90 valence electrons. The summed E-state index contributed by atoms with van der Waals surface area (Å²) in [5, 5.41) is 0. The quantitative estimate of drug-likeness (QED) is 0.796. The molecule has 3 nitrogen and oxygen atoms in total. The third-order valence-electron chi connectivity index (χ3n) is 2.24. The molecule has 0 atom stereocenters. The molecule has 1 heterocycles. The van der Waals surface area contributed by atoms with Crippen LogP contribution in [-0.4, -0.2) is 16.6 Å². The van der Waals surface area contributed by atoms with Gasteiger partial charge >= 0.3 is 5.97 Å². The fourth-order valence-corrected chi connectivity index (χ4v) is 1.50. The molecule has 0 saturated heterocycles. The van der Waals surface area contributed by atoms with E-state index in [0.29, 0.717) is 5.69 Å². The van der Waals surface area contributed by atoms with Crippen LogP contribution in [0, 0.1) is 0 Å². The van der Waals surface area contributed by atoms with Crippen molar-refractivity contribution in [3.8, 4) is 0 Å². The van der Waals surface area contributed by atoms with Gasteiger partial charge in [-0.3, -0.25) is 0 Å². The van der Waals surface area contributed by atoms with E-state index in [1.165, 1.54) is 0 Å². The Labute approximate surface area is 97.2 Å². The highest BCUT2D eigenvalue weighted by molar-refractivity contribution is 5.89. The Bertz CT molecular complexity index is 347. The van der Waals surface area contributed by atoms with E-state index in [1.807, 2.05) is 26.8 Å². The fourth-order valence-electron chi connectivity index (χ4n) is 1.50. The molecule has 0 radical (unpaired) electrons. The Morgan fingerprint density at radius 1 is 1.44 bits per heavy atom. The van der Waals surface area contributed by atoms with Crippen molar-refractivity contribution >= 4 is 5.97 Å². The van der Waals surface area contributed by atoms with Crippen LogP contribution in [-0.2, 0) is 11.2 Å². The van der Waals surface area contributed by atoms with E-state index in [1.54, 1.807) is 6.20 Å². The molecule has 1 N–H and O–H groups in total. The lowest BCUT2D eigenvalue weighted by atomic mass is 10.1. The van der Waals surface area contributed by atoms with E-state index in [2.05, 4.69) is 11.9 Å². The number of esters is 1. The first-order valence-corrected chi connectivity index (χ1v) is 5.83. The lowest BCUT2D eigenvalue weighted by molar-refractivity contribution is 0.00624. The first kappa shape index (κ1) is 12.8. The number of aromatic nitrogens is 1. The lowest BCUT2D eigenvalue weighted by Gasteiger charge is -2.19. The van der Waals surface area contributed by atoms with Gasteiger partial charge in [-0.1, -0.05) is 13.3 Å². The molecule has 0 saturated carbocycles. The summed E-state index contributed by atoms with van der Waals surface area (Å²) in [4.78, 5) is 14.8. The van der Waals surface area contributed by atoms with Crippen LogP contribution >= 0.6 is 0 Å². The molecule has 0 bridgehead atoms. The summed E-state index contributed by atoms with van der Waals surface area (Å²) in [6, 6.07) is 1.95. The highest BCUT2D eigenvalue weighted by Crippen LogP contribution is 2.16. The largest absolute Gasteiger partial charge is 0.455 e. The fraction of sp³-hybridized carbons (Fsp3) is 0.615. The molecule has 0 aliphatic rings. The van der Waals surface area contributed by atoms with Gasteiger partial charge in [0.05, 0.1) is 0 Å². The summed E-state index contributed by atoms with van der Waals surface area (Å²) in [5.74, 6) is -0.261. The Morgan fingerprint density at radius 3 is 2.69 bits per heavy atom. The van der Waals surface area contributed by atoms with Crippen molar-refractivity contribution in [2.45, 2.75) is 52.6 Å². The minimum atomic E-state index is -0.440. The van der Waals surface area contributed by atoms with Crippen LogP contribution in [0.25, 0.3) is 0 Å². The molecule has 3 heteroatoms. The van der Waals surface area contributed by atoms with Crippen molar-refractivity contribution in [1.29, 1.82) is 0 Å². The average Bonchev–Trinajstić information content (AvgIpc) is 2.59. The highest BCUT2D eigenvalue weighted by Gasteiger charge is 2.20. The maximum atomic E-state index is 11.9. The summed E-state index contributed by atoms with van der Waals surface area (Å²) in [7, 11) is 0. The number of unbranched alkanes of at least 4 members (excludes halogenated alkanes) is 1. The maximum Gasteiger partial charge on any atom is 0.355 e. The van der Waals surface area contributed by atoms with Crippen molar-refractivity contribution in [2.75, 3.05) is 0 Å². The van der Waals surface area contributed by atoms with E-state index in [-0.39, 0.29) is 5.97 Å². The van der Waals surface area contributed by atoms with Gasteiger partial charge in [-0.15, -0.1) is 0 Å². The number of nitrogens with one attached hydrogen (secondary N) is 1. The minimum Gasteiger partial charge on any atom is -0.455 e. The van der Waals surface area contributed by atoms with Crippen LogP contribution in [0.15, 0.2) is 12.3 Å². The number of carbonyl (C=O) groups excluding carboxylic acids is 1. The van der Waals surface area contributed by atoms with Crippen molar-refractivity contribution < 1.29 is 9.53 Å². The van der Waals surface area contributed by atoms with Crippen LogP contribution in [0.2, 0.25) is 0 Å². The van der Waals surface area contributed by atoms with Gasteiger partial charge in [0.15, 0.2) is 0 Å². The molecule has 0 spiro atoms. The van der Waals surface area contributed by atoms with Gasteiger partial charge in [-0.2, -0.15) is 0 Å². The van der Waals surface area contributed by atoms with Crippen LogP contribution in [0.1, 0.15) is 56.6 Å². The SMILES string of the molecule is CCCCc1cc[nH]c1C(=O)OC(C)(C)C. The second-order valence-corrected chi connectivity index (χ2v) is 4.98. The number of carbonyl (C=O) groups is 1. The molecule has 0 amide bonds. The molecule has 1 aromatic heterocycles. The third-order valence-corrected chi connectivity index (χ3v) is 2.24. The molecule has 16 heavy (non-hydrogen) atoms. The molecular formula is C13H21NO2. The molecule has 0 aliphatic heterocycles. The summed E-state index contributed by atoms with van der Waals surface area (Å²) in [6.07, 6.45) is 4.94. The Kier molecular flexibility index (Phi) is 4.16. The predicted octanol–water partition coefficient (Wildman–Crippen LogP) is 3.31. The minimum absolute atomic E-state index is 0.261. The monoisotopic (exact) mass is 223 g/mol. The van der Waals surface area contributed by atoms with E-state index in [9.17, 15) is 4.79 Å². The second kappa shape index (κ2) is 5.19. The number of hydrogen-bond donors (Lipinski definition) is 1. The van der Waals surface area contributed by atoms with Crippen molar-refractivity contribution in [2.24, 2.45) is 0 Å². The number of rotatable bonds is 4. The Balaban J connectivity index is 2.72. The number of aromatic amines is 1. The summed E-state index contributed by atoms with van der Waals surface area (Å²) in [6.45, 7) is 7.76. The standard InChI is InChI=1S/C13H21NO2/c1-5-6-7-10-8-9-14-11(10)12(15)16-13(2,3)4/h8-9,14H,5-7H2,1-4H3. The van der Waals surface area contributed by atoms with E-state index >= 15 is 0 Å². The first-order chi connectivity index (χ1) is 7.44. The predicted molar refractivity (Wildman–Crippen MR) is 64.6 cm³/mol. The van der Waals surface area contributed by atoms with E-state index in [0.717, 1.165) is 24.8 Å². The summed E-state index contributed by atoms with van der Waals surface area (Å²) >= 11 is 0. The number of aryl methyl sites for hydroxylation is 1. The highest BCUT2D eigenvalue weighted by atomic mass is 16.6.